The largest absolute Gasteiger partial charge is 0.325 e. The lowest BCUT2D eigenvalue weighted by Crippen LogP contribution is -2.43. The number of carbonyl (C=O) groups excluding carboxylic acids is 2. The molecule has 1 spiro atoms. The first-order valence-electron chi connectivity index (χ1n) is 10.2. The summed E-state index contributed by atoms with van der Waals surface area (Å²) in [5.41, 5.74) is 2.57. The summed E-state index contributed by atoms with van der Waals surface area (Å²) in [4.78, 5) is 27.0. The second-order valence-electron chi connectivity index (χ2n) is 8.27. The van der Waals surface area contributed by atoms with Crippen molar-refractivity contribution < 1.29 is 14.0 Å². The lowest BCUT2D eigenvalue weighted by molar-refractivity contribution is -0.121. The summed E-state index contributed by atoms with van der Waals surface area (Å²) in [6, 6.07) is 16.8. The first-order valence-corrected chi connectivity index (χ1v) is 10.9. The molecule has 160 valence electrons. The van der Waals surface area contributed by atoms with Crippen LogP contribution in [0.4, 0.5) is 10.1 Å². The van der Waals surface area contributed by atoms with Crippen molar-refractivity contribution in [1.82, 2.24) is 0 Å². The van der Waals surface area contributed by atoms with Gasteiger partial charge in [-0.25, -0.2) is 4.39 Å². The van der Waals surface area contributed by atoms with E-state index in [0.29, 0.717) is 26.9 Å². The number of carbonyl (C=O) groups is 2. The summed E-state index contributed by atoms with van der Waals surface area (Å²) in [6.45, 7) is 1.82. The molecule has 0 saturated heterocycles. The Morgan fingerprint density at radius 3 is 2.56 bits per heavy atom. The highest BCUT2D eigenvalue weighted by Gasteiger charge is 2.54. The Morgan fingerprint density at radius 2 is 1.78 bits per heavy atom. The Morgan fingerprint density at radius 1 is 1.00 bits per heavy atom. The van der Waals surface area contributed by atoms with Gasteiger partial charge < -0.3 is 5.32 Å². The maximum atomic E-state index is 14.1. The molecule has 3 nitrogen and oxygen atoms in total. The normalized spacial score (nSPS) is 22.0. The quantitative estimate of drug-likeness (QED) is 0.471. The van der Waals surface area contributed by atoms with Gasteiger partial charge in [-0.05, 0) is 65.6 Å². The van der Waals surface area contributed by atoms with Crippen molar-refractivity contribution >= 4 is 46.2 Å². The fourth-order valence-corrected chi connectivity index (χ4v) is 5.27. The Balaban J connectivity index is 1.81. The van der Waals surface area contributed by atoms with E-state index in [1.807, 2.05) is 19.1 Å². The number of rotatable bonds is 2. The molecule has 1 amide bonds. The first kappa shape index (κ1) is 20.9. The Hall–Kier alpha value is -2.95. The highest BCUT2D eigenvalue weighted by molar-refractivity contribution is 6.31. The van der Waals surface area contributed by atoms with Crippen LogP contribution in [0.3, 0.4) is 0 Å². The molecule has 1 N–H and O–H groups in total. The zero-order valence-electron chi connectivity index (χ0n) is 17.1. The number of anilines is 1. The third-order valence-corrected chi connectivity index (χ3v) is 6.87. The topological polar surface area (TPSA) is 46.2 Å². The van der Waals surface area contributed by atoms with Crippen LogP contribution in [0.25, 0.3) is 5.57 Å². The predicted molar refractivity (Wildman–Crippen MR) is 125 cm³/mol. The van der Waals surface area contributed by atoms with Crippen LogP contribution >= 0.6 is 23.2 Å². The number of fused-ring (bicyclic) bond motifs is 2. The van der Waals surface area contributed by atoms with E-state index in [1.54, 1.807) is 42.5 Å². The smallest absolute Gasteiger partial charge is 0.239 e. The van der Waals surface area contributed by atoms with Gasteiger partial charge in [0.15, 0.2) is 5.78 Å². The van der Waals surface area contributed by atoms with E-state index in [1.165, 1.54) is 12.1 Å². The summed E-state index contributed by atoms with van der Waals surface area (Å²) < 4.78 is 14.1. The summed E-state index contributed by atoms with van der Waals surface area (Å²) in [6.07, 6.45) is 1.79. The average molecular weight is 466 g/mol. The minimum atomic E-state index is -1.16. The third kappa shape index (κ3) is 3.17. The standard InChI is InChI=1S/C26H18Cl2FNO2/c1-14-5-7-18(29)11-19(14)20-13-26(21-8-6-17(28)10-23(21)30-25(26)32)22(12-24(20)31)15-3-2-4-16(27)9-15/h2-11,13,22H,12H2,1H3,(H,30,32)/t22-,26-/m0/s1. The second kappa shape index (κ2) is 7.58. The Bertz CT molecular complexity index is 1330. The lowest BCUT2D eigenvalue weighted by Gasteiger charge is -2.38. The summed E-state index contributed by atoms with van der Waals surface area (Å²) in [5.74, 6) is -1.31. The molecule has 5 rings (SSSR count). The van der Waals surface area contributed by atoms with Gasteiger partial charge in [-0.1, -0.05) is 53.5 Å². The molecule has 0 fully saturated rings. The van der Waals surface area contributed by atoms with Crippen LogP contribution in [0.15, 0.2) is 66.7 Å². The molecule has 0 saturated carbocycles. The number of allylic oxidation sites excluding steroid dienone is 1. The maximum absolute atomic E-state index is 14.1. The number of benzene rings is 3. The van der Waals surface area contributed by atoms with E-state index < -0.39 is 17.2 Å². The van der Waals surface area contributed by atoms with Gasteiger partial charge in [0.2, 0.25) is 5.91 Å². The van der Waals surface area contributed by atoms with Gasteiger partial charge in [0.05, 0.1) is 0 Å². The molecule has 6 heteroatoms. The number of nitrogens with one attached hydrogen (secondary N) is 1. The van der Waals surface area contributed by atoms with Crippen molar-refractivity contribution in [3.05, 3.63) is 105 Å². The summed E-state index contributed by atoms with van der Waals surface area (Å²) in [7, 11) is 0. The van der Waals surface area contributed by atoms with Gasteiger partial charge in [-0.2, -0.15) is 0 Å². The van der Waals surface area contributed by atoms with Crippen LogP contribution in [0.1, 0.15) is 34.6 Å². The molecule has 2 aliphatic rings. The predicted octanol–water partition coefficient (Wildman–Crippen LogP) is 6.47. The fraction of sp³-hybridized carbons (Fsp3) is 0.154. The molecule has 0 bridgehead atoms. The molecule has 0 unspecified atom stereocenters. The second-order valence-corrected chi connectivity index (χ2v) is 9.14. The van der Waals surface area contributed by atoms with Crippen molar-refractivity contribution in [2.24, 2.45) is 0 Å². The van der Waals surface area contributed by atoms with Crippen LogP contribution in [0, 0.1) is 12.7 Å². The van der Waals surface area contributed by atoms with Crippen molar-refractivity contribution in [2.45, 2.75) is 24.7 Å². The van der Waals surface area contributed by atoms with E-state index in [9.17, 15) is 14.0 Å². The van der Waals surface area contributed by atoms with Crippen molar-refractivity contribution in [2.75, 3.05) is 5.32 Å². The van der Waals surface area contributed by atoms with Gasteiger partial charge in [0, 0.05) is 33.6 Å². The summed E-state index contributed by atoms with van der Waals surface area (Å²) >= 11 is 12.4. The Labute approximate surface area is 194 Å². The zero-order valence-corrected chi connectivity index (χ0v) is 18.6. The van der Waals surface area contributed by atoms with Gasteiger partial charge in [-0.3, -0.25) is 9.59 Å². The zero-order chi connectivity index (χ0) is 22.6. The fourth-order valence-electron chi connectivity index (χ4n) is 4.90. The summed E-state index contributed by atoms with van der Waals surface area (Å²) in [5, 5.41) is 3.96. The van der Waals surface area contributed by atoms with Crippen LogP contribution in [0.5, 0.6) is 0 Å². The van der Waals surface area contributed by atoms with E-state index in [4.69, 9.17) is 23.2 Å². The van der Waals surface area contributed by atoms with Crippen LogP contribution < -0.4 is 5.32 Å². The monoisotopic (exact) mass is 465 g/mol. The highest BCUT2D eigenvalue weighted by Crippen LogP contribution is 2.54. The van der Waals surface area contributed by atoms with Crippen molar-refractivity contribution in [3.8, 4) is 0 Å². The van der Waals surface area contributed by atoms with Gasteiger partial charge >= 0.3 is 0 Å². The number of hydrogen-bond donors (Lipinski definition) is 1. The molecule has 1 aliphatic heterocycles. The molecule has 0 radical (unpaired) electrons. The lowest BCUT2D eigenvalue weighted by atomic mass is 9.61. The molecule has 3 aromatic rings. The first-order chi connectivity index (χ1) is 15.3. The van der Waals surface area contributed by atoms with E-state index in [0.717, 1.165) is 16.7 Å². The highest BCUT2D eigenvalue weighted by atomic mass is 35.5. The van der Waals surface area contributed by atoms with Gasteiger partial charge in [-0.15, -0.1) is 0 Å². The van der Waals surface area contributed by atoms with Gasteiger partial charge in [0.1, 0.15) is 11.2 Å². The van der Waals surface area contributed by atoms with Crippen molar-refractivity contribution in [3.63, 3.8) is 0 Å². The third-order valence-electron chi connectivity index (χ3n) is 6.40. The molecular formula is C26H18Cl2FNO2. The molecule has 0 aromatic heterocycles. The van der Waals surface area contributed by atoms with E-state index >= 15 is 0 Å². The minimum Gasteiger partial charge on any atom is -0.325 e. The minimum absolute atomic E-state index is 0.0810. The molecule has 1 aliphatic carbocycles. The van der Waals surface area contributed by atoms with Crippen LogP contribution in [-0.2, 0) is 15.0 Å². The van der Waals surface area contributed by atoms with Crippen LogP contribution in [-0.4, -0.2) is 11.7 Å². The molecular weight excluding hydrogens is 448 g/mol. The molecule has 3 aromatic carbocycles. The van der Waals surface area contributed by atoms with E-state index in [-0.39, 0.29) is 18.1 Å². The number of hydrogen-bond acceptors (Lipinski definition) is 2. The molecule has 2 atom stereocenters. The Kier molecular flexibility index (Phi) is 4.95. The number of halogens is 3. The average Bonchev–Trinajstić information content (AvgIpc) is 3.02. The van der Waals surface area contributed by atoms with Crippen LogP contribution in [0.2, 0.25) is 10.0 Å². The maximum Gasteiger partial charge on any atom is 0.239 e. The van der Waals surface area contributed by atoms with E-state index in [2.05, 4.69) is 5.32 Å². The molecule has 1 heterocycles. The van der Waals surface area contributed by atoms with Crippen molar-refractivity contribution in [1.29, 1.82) is 0 Å². The number of ketones is 1. The number of amides is 1. The molecule has 32 heavy (non-hydrogen) atoms. The van der Waals surface area contributed by atoms with Gasteiger partial charge in [0.25, 0.3) is 0 Å². The number of Topliss-reactive ketones (excluding diaryl/α,β-unsaturated/α-hetero) is 1. The number of aryl methyl sites for hydroxylation is 1. The SMILES string of the molecule is Cc1ccc(F)cc1C1=C[C@@]2(C(=O)Nc3cc(Cl)ccc32)[C@H](c2cccc(Cl)c2)CC1=O.